The molecule has 0 radical (unpaired) electrons. The molecule has 1 aromatic carbocycles. The third kappa shape index (κ3) is 4.54. The van der Waals surface area contributed by atoms with Crippen molar-refractivity contribution in [2.45, 2.75) is 25.4 Å². The molecule has 27 heavy (non-hydrogen) atoms. The Bertz CT molecular complexity index is 774. The fourth-order valence-electron chi connectivity index (χ4n) is 3.45. The van der Waals surface area contributed by atoms with Crippen molar-refractivity contribution in [3.8, 4) is 11.5 Å². The van der Waals surface area contributed by atoms with E-state index in [2.05, 4.69) is 25.5 Å². The quantitative estimate of drug-likeness (QED) is 0.716. The van der Waals surface area contributed by atoms with E-state index in [4.69, 9.17) is 21.1 Å². The van der Waals surface area contributed by atoms with Crippen LogP contribution in [0.4, 0.5) is 11.6 Å². The Hall–Kier alpha value is -2.25. The number of nitrogens with zero attached hydrogens (tertiary/aromatic N) is 3. The maximum Gasteiger partial charge on any atom is 0.179 e. The summed E-state index contributed by atoms with van der Waals surface area (Å²) in [5.74, 6) is 3.00. The zero-order valence-corrected chi connectivity index (χ0v) is 16.7. The van der Waals surface area contributed by atoms with Gasteiger partial charge in [-0.1, -0.05) is 11.6 Å². The molecule has 1 aromatic heterocycles. The Morgan fingerprint density at radius 2 is 2.07 bits per heavy atom. The second kappa shape index (κ2) is 9.10. The number of hydrogen-bond acceptors (Lipinski definition) is 7. The summed E-state index contributed by atoms with van der Waals surface area (Å²) in [5, 5.41) is 7.15. The third-order valence-electron chi connectivity index (χ3n) is 4.78. The summed E-state index contributed by atoms with van der Waals surface area (Å²) in [6.07, 6.45) is 3.90. The van der Waals surface area contributed by atoms with Crippen LogP contribution in [-0.4, -0.2) is 50.4 Å². The SMILES string of the molecule is CNc1cc(N2CCCC2CNCc2cc(Cl)c(OC)c(OC)c2)ncn1. The van der Waals surface area contributed by atoms with Crippen LogP contribution in [0.15, 0.2) is 24.5 Å². The molecule has 7 nitrogen and oxygen atoms in total. The smallest absolute Gasteiger partial charge is 0.179 e. The van der Waals surface area contributed by atoms with E-state index in [0.29, 0.717) is 29.1 Å². The zero-order valence-electron chi connectivity index (χ0n) is 16.0. The fourth-order valence-corrected chi connectivity index (χ4v) is 3.76. The number of nitrogens with one attached hydrogen (secondary N) is 2. The molecule has 3 rings (SSSR count). The van der Waals surface area contributed by atoms with Crippen LogP contribution in [0.5, 0.6) is 11.5 Å². The average molecular weight is 392 g/mol. The summed E-state index contributed by atoms with van der Waals surface area (Å²) >= 11 is 6.29. The summed E-state index contributed by atoms with van der Waals surface area (Å²) in [6, 6.07) is 6.26. The van der Waals surface area contributed by atoms with E-state index in [1.807, 2.05) is 25.2 Å². The van der Waals surface area contributed by atoms with Crippen molar-refractivity contribution in [3.63, 3.8) is 0 Å². The van der Waals surface area contributed by atoms with Crippen molar-refractivity contribution in [1.29, 1.82) is 0 Å². The van der Waals surface area contributed by atoms with E-state index in [1.54, 1.807) is 20.5 Å². The lowest BCUT2D eigenvalue weighted by Gasteiger charge is -2.26. The standard InChI is InChI=1S/C19H26ClN5O2/c1-21-17-9-18(24-12-23-17)25-6-4-5-14(25)11-22-10-13-7-15(20)19(27-3)16(8-13)26-2/h7-9,12,14,22H,4-6,10-11H2,1-3H3,(H,21,23,24). The number of ether oxygens (including phenoxy) is 2. The molecular formula is C19H26ClN5O2. The highest BCUT2D eigenvalue weighted by atomic mass is 35.5. The highest BCUT2D eigenvalue weighted by molar-refractivity contribution is 6.32. The minimum absolute atomic E-state index is 0.403. The van der Waals surface area contributed by atoms with E-state index >= 15 is 0 Å². The van der Waals surface area contributed by atoms with Crippen LogP contribution in [-0.2, 0) is 6.54 Å². The Balaban J connectivity index is 1.62. The first-order valence-electron chi connectivity index (χ1n) is 9.03. The number of hydrogen-bond donors (Lipinski definition) is 2. The van der Waals surface area contributed by atoms with Crippen molar-refractivity contribution in [2.24, 2.45) is 0 Å². The van der Waals surface area contributed by atoms with E-state index < -0.39 is 0 Å². The average Bonchev–Trinajstić information content (AvgIpc) is 3.16. The highest BCUT2D eigenvalue weighted by Gasteiger charge is 2.25. The maximum absolute atomic E-state index is 6.29. The molecule has 0 aliphatic carbocycles. The van der Waals surface area contributed by atoms with Crippen LogP contribution in [0.2, 0.25) is 5.02 Å². The van der Waals surface area contributed by atoms with Gasteiger partial charge in [0.05, 0.1) is 19.2 Å². The van der Waals surface area contributed by atoms with Gasteiger partial charge in [0.15, 0.2) is 11.5 Å². The van der Waals surface area contributed by atoms with Gasteiger partial charge in [0.2, 0.25) is 0 Å². The molecule has 2 N–H and O–H groups in total. The van der Waals surface area contributed by atoms with Crippen LogP contribution in [0, 0.1) is 0 Å². The summed E-state index contributed by atoms with van der Waals surface area (Å²) < 4.78 is 10.7. The lowest BCUT2D eigenvalue weighted by Crippen LogP contribution is -2.38. The monoisotopic (exact) mass is 391 g/mol. The fraction of sp³-hybridized carbons (Fsp3) is 0.474. The molecule has 1 aliphatic rings. The number of benzene rings is 1. The lowest BCUT2D eigenvalue weighted by molar-refractivity contribution is 0.354. The van der Waals surface area contributed by atoms with E-state index in [1.165, 1.54) is 0 Å². The largest absolute Gasteiger partial charge is 0.493 e. The van der Waals surface area contributed by atoms with Crippen molar-refractivity contribution in [3.05, 3.63) is 35.1 Å². The van der Waals surface area contributed by atoms with Gasteiger partial charge in [-0.2, -0.15) is 0 Å². The Morgan fingerprint density at radius 1 is 1.22 bits per heavy atom. The molecule has 1 aliphatic heterocycles. The van der Waals surface area contributed by atoms with Gasteiger partial charge in [-0.3, -0.25) is 0 Å². The second-order valence-electron chi connectivity index (χ2n) is 6.44. The highest BCUT2D eigenvalue weighted by Crippen LogP contribution is 2.36. The number of halogens is 1. The second-order valence-corrected chi connectivity index (χ2v) is 6.85. The molecule has 0 spiro atoms. The van der Waals surface area contributed by atoms with Gasteiger partial charge in [0, 0.05) is 38.8 Å². The van der Waals surface area contributed by atoms with Gasteiger partial charge >= 0.3 is 0 Å². The van der Waals surface area contributed by atoms with Crippen molar-refractivity contribution < 1.29 is 9.47 Å². The molecule has 0 bridgehead atoms. The number of methoxy groups -OCH3 is 2. The number of aromatic nitrogens is 2. The molecule has 8 heteroatoms. The molecule has 146 valence electrons. The molecule has 0 amide bonds. The van der Waals surface area contributed by atoms with Gasteiger partial charge < -0.3 is 25.0 Å². The van der Waals surface area contributed by atoms with Crippen LogP contribution in [0.1, 0.15) is 18.4 Å². The van der Waals surface area contributed by atoms with E-state index in [0.717, 1.165) is 43.1 Å². The molecule has 2 heterocycles. The topological polar surface area (TPSA) is 71.5 Å². The minimum atomic E-state index is 0.403. The predicted octanol–water partition coefficient (Wildman–Crippen LogP) is 2.95. The van der Waals surface area contributed by atoms with Crippen molar-refractivity contribution >= 4 is 23.2 Å². The molecular weight excluding hydrogens is 366 g/mol. The van der Waals surface area contributed by atoms with E-state index in [9.17, 15) is 0 Å². The maximum atomic E-state index is 6.29. The van der Waals surface area contributed by atoms with Gasteiger partial charge in [-0.05, 0) is 30.5 Å². The van der Waals surface area contributed by atoms with E-state index in [-0.39, 0.29) is 0 Å². The number of anilines is 2. The first-order chi connectivity index (χ1) is 13.2. The van der Waals surface area contributed by atoms with Crippen LogP contribution < -0.4 is 25.0 Å². The first kappa shape index (κ1) is 19.5. The van der Waals surface area contributed by atoms with Gasteiger partial charge in [-0.25, -0.2) is 9.97 Å². The Labute approximate surface area is 165 Å². The summed E-state index contributed by atoms with van der Waals surface area (Å²) in [5.41, 5.74) is 1.06. The number of rotatable bonds is 8. The normalized spacial score (nSPS) is 16.4. The van der Waals surface area contributed by atoms with Crippen molar-refractivity contribution in [2.75, 3.05) is 44.6 Å². The predicted molar refractivity (Wildman–Crippen MR) is 108 cm³/mol. The van der Waals surface area contributed by atoms with Gasteiger partial charge in [-0.15, -0.1) is 0 Å². The molecule has 0 saturated carbocycles. The van der Waals surface area contributed by atoms with Gasteiger partial charge in [0.25, 0.3) is 0 Å². The molecule has 1 unspecified atom stereocenters. The summed E-state index contributed by atoms with van der Waals surface area (Å²) in [4.78, 5) is 11.0. The molecule has 2 aromatic rings. The third-order valence-corrected chi connectivity index (χ3v) is 5.06. The zero-order chi connectivity index (χ0) is 19.2. The molecule has 1 saturated heterocycles. The summed E-state index contributed by atoms with van der Waals surface area (Å²) in [7, 11) is 5.06. The summed E-state index contributed by atoms with van der Waals surface area (Å²) in [6.45, 7) is 2.58. The van der Waals surface area contributed by atoms with Crippen molar-refractivity contribution in [1.82, 2.24) is 15.3 Å². The molecule has 1 fully saturated rings. The Kier molecular flexibility index (Phi) is 6.58. The van der Waals surface area contributed by atoms with Crippen LogP contribution in [0.25, 0.3) is 0 Å². The first-order valence-corrected chi connectivity index (χ1v) is 9.41. The Morgan fingerprint density at radius 3 is 2.81 bits per heavy atom. The minimum Gasteiger partial charge on any atom is -0.493 e. The van der Waals surface area contributed by atoms with Crippen LogP contribution >= 0.6 is 11.6 Å². The van der Waals surface area contributed by atoms with Crippen LogP contribution in [0.3, 0.4) is 0 Å². The van der Waals surface area contributed by atoms with Gasteiger partial charge in [0.1, 0.15) is 18.0 Å². The lowest BCUT2D eigenvalue weighted by atomic mass is 10.1. The molecule has 1 atom stereocenters.